The molecule has 0 aliphatic rings. The van der Waals surface area contributed by atoms with Crippen LogP contribution in [0.25, 0.3) is 0 Å². The first-order valence-electron chi connectivity index (χ1n) is 8.17. The smallest absolute Gasteiger partial charge is 0.310 e. The number of esters is 1. The molecule has 1 heterocycles. The molecule has 0 spiro atoms. The van der Waals surface area contributed by atoms with Crippen LogP contribution in [-0.2, 0) is 22.4 Å². The van der Waals surface area contributed by atoms with E-state index in [0.29, 0.717) is 13.2 Å². The Hall–Kier alpha value is -2.50. The summed E-state index contributed by atoms with van der Waals surface area (Å²) < 4.78 is 16.0. The first kappa shape index (κ1) is 17.8. The Balaban J connectivity index is 1.76. The van der Waals surface area contributed by atoms with Crippen molar-refractivity contribution in [2.24, 2.45) is 0 Å². The van der Waals surface area contributed by atoms with Crippen molar-refractivity contribution in [3.63, 3.8) is 0 Å². The molecule has 0 atom stereocenters. The van der Waals surface area contributed by atoms with Gasteiger partial charge in [-0.25, -0.2) is 5.10 Å². The number of aromatic amines is 1. The number of ether oxygens (including phenoxy) is 3. The fraction of sp³-hybridized carbons (Fsp3) is 0.444. The number of nitrogens with zero attached hydrogens (tertiary/aromatic N) is 1. The molecule has 1 aromatic heterocycles. The Kier molecular flexibility index (Phi) is 7.14. The van der Waals surface area contributed by atoms with Crippen LogP contribution in [0, 0.1) is 0 Å². The zero-order valence-corrected chi connectivity index (χ0v) is 14.2. The van der Waals surface area contributed by atoms with Crippen LogP contribution >= 0.6 is 0 Å². The van der Waals surface area contributed by atoms with Crippen molar-refractivity contribution in [3.8, 4) is 11.6 Å². The molecule has 0 unspecified atom stereocenters. The Morgan fingerprint density at radius 2 is 2.00 bits per heavy atom. The van der Waals surface area contributed by atoms with E-state index in [-0.39, 0.29) is 12.4 Å². The van der Waals surface area contributed by atoms with Gasteiger partial charge in [-0.1, -0.05) is 18.2 Å². The number of hydrogen-bond donors (Lipinski definition) is 1. The molecule has 6 nitrogen and oxygen atoms in total. The minimum Gasteiger partial charge on any atom is -0.493 e. The second kappa shape index (κ2) is 9.60. The summed E-state index contributed by atoms with van der Waals surface area (Å²) in [7, 11) is 1.39. The first-order chi connectivity index (χ1) is 11.7. The van der Waals surface area contributed by atoms with Crippen molar-refractivity contribution < 1.29 is 19.0 Å². The lowest BCUT2D eigenvalue weighted by Gasteiger charge is -2.10. The molecule has 0 amide bonds. The molecular formula is C18H24N2O4. The Bertz CT molecular complexity index is 639. The molecule has 0 aliphatic heterocycles. The van der Waals surface area contributed by atoms with Crippen LogP contribution in [0.3, 0.4) is 0 Å². The van der Waals surface area contributed by atoms with Crippen LogP contribution in [0.5, 0.6) is 11.6 Å². The Morgan fingerprint density at radius 3 is 2.79 bits per heavy atom. The van der Waals surface area contributed by atoms with E-state index in [9.17, 15) is 4.79 Å². The third kappa shape index (κ3) is 5.30. The summed E-state index contributed by atoms with van der Waals surface area (Å²) in [6.45, 7) is 3.17. The van der Waals surface area contributed by atoms with Crippen LogP contribution < -0.4 is 9.47 Å². The van der Waals surface area contributed by atoms with Crippen molar-refractivity contribution in [2.75, 3.05) is 20.3 Å². The molecule has 6 heteroatoms. The van der Waals surface area contributed by atoms with Crippen molar-refractivity contribution in [1.82, 2.24) is 10.2 Å². The van der Waals surface area contributed by atoms with Crippen LogP contribution in [-0.4, -0.2) is 36.5 Å². The molecular weight excluding hydrogens is 308 g/mol. The molecule has 2 aromatic rings. The minimum absolute atomic E-state index is 0.222. The van der Waals surface area contributed by atoms with Crippen LogP contribution in [0.2, 0.25) is 0 Å². The molecule has 0 bridgehead atoms. The minimum atomic E-state index is -0.269. The highest BCUT2D eigenvalue weighted by molar-refractivity contribution is 5.73. The highest BCUT2D eigenvalue weighted by Gasteiger charge is 2.09. The number of aryl methyl sites for hydroxylation is 1. The number of unbranched alkanes of at least 4 members (excludes halogenated alkanes) is 1. The van der Waals surface area contributed by atoms with E-state index in [1.165, 1.54) is 7.11 Å². The normalized spacial score (nSPS) is 10.4. The fourth-order valence-corrected chi connectivity index (χ4v) is 2.36. The number of nitrogens with one attached hydrogen (secondary N) is 1. The van der Waals surface area contributed by atoms with Crippen LogP contribution in [0.15, 0.2) is 30.5 Å². The van der Waals surface area contributed by atoms with Gasteiger partial charge in [-0.3, -0.25) is 4.79 Å². The molecule has 0 radical (unpaired) electrons. The van der Waals surface area contributed by atoms with Crippen molar-refractivity contribution in [2.45, 2.75) is 32.6 Å². The second-order valence-corrected chi connectivity index (χ2v) is 5.32. The zero-order chi connectivity index (χ0) is 17.2. The van der Waals surface area contributed by atoms with Gasteiger partial charge in [0.25, 0.3) is 0 Å². The number of aromatic nitrogens is 2. The van der Waals surface area contributed by atoms with E-state index < -0.39 is 0 Å². The third-order valence-electron chi connectivity index (χ3n) is 3.60. The topological polar surface area (TPSA) is 73.4 Å². The maximum Gasteiger partial charge on any atom is 0.310 e. The molecule has 0 aliphatic carbocycles. The van der Waals surface area contributed by atoms with E-state index >= 15 is 0 Å². The summed E-state index contributed by atoms with van der Waals surface area (Å²) >= 11 is 0. The number of carbonyl (C=O) groups is 1. The van der Waals surface area contributed by atoms with Crippen molar-refractivity contribution >= 4 is 5.97 Å². The van der Waals surface area contributed by atoms with Gasteiger partial charge in [-0.2, -0.15) is 5.10 Å². The summed E-state index contributed by atoms with van der Waals surface area (Å²) in [5.41, 5.74) is 1.93. The van der Waals surface area contributed by atoms with Gasteiger partial charge in [0.15, 0.2) is 0 Å². The Morgan fingerprint density at radius 1 is 1.17 bits per heavy atom. The highest BCUT2D eigenvalue weighted by atomic mass is 16.5. The molecule has 0 fully saturated rings. The number of methoxy groups -OCH3 is 1. The molecule has 0 saturated heterocycles. The van der Waals surface area contributed by atoms with Crippen LogP contribution in [0.1, 0.15) is 30.9 Å². The highest BCUT2D eigenvalue weighted by Crippen LogP contribution is 2.20. The number of carbonyl (C=O) groups excluding carboxylic acids is 1. The molecule has 1 aromatic carbocycles. The van der Waals surface area contributed by atoms with E-state index in [0.717, 1.165) is 42.0 Å². The van der Waals surface area contributed by atoms with Gasteiger partial charge < -0.3 is 14.2 Å². The fourth-order valence-electron chi connectivity index (χ4n) is 2.36. The van der Waals surface area contributed by atoms with Gasteiger partial charge in [-0.15, -0.1) is 0 Å². The molecule has 1 N–H and O–H groups in total. The maximum absolute atomic E-state index is 11.4. The number of rotatable bonds is 10. The summed E-state index contributed by atoms with van der Waals surface area (Å²) in [5.74, 6) is 1.22. The molecule has 2 rings (SSSR count). The van der Waals surface area contributed by atoms with Gasteiger partial charge in [-0.05, 0) is 32.3 Å². The summed E-state index contributed by atoms with van der Waals surface area (Å²) in [5, 5.41) is 6.87. The van der Waals surface area contributed by atoms with Crippen molar-refractivity contribution in [3.05, 3.63) is 41.6 Å². The average Bonchev–Trinajstić information content (AvgIpc) is 3.03. The van der Waals surface area contributed by atoms with E-state index in [1.807, 2.05) is 31.2 Å². The van der Waals surface area contributed by atoms with E-state index in [4.69, 9.17) is 14.2 Å². The standard InChI is InChI=1S/C18H24N2O4/c1-3-23-18-15(13-19-20-18)9-6-7-11-24-16-10-5-4-8-14(16)12-17(21)22-2/h4-5,8,10,13H,3,6-7,9,11-12H2,1-2H3,(H,19,20). The summed E-state index contributed by atoms with van der Waals surface area (Å²) in [4.78, 5) is 11.4. The van der Waals surface area contributed by atoms with Crippen molar-refractivity contribution in [1.29, 1.82) is 0 Å². The second-order valence-electron chi connectivity index (χ2n) is 5.32. The number of benzene rings is 1. The lowest BCUT2D eigenvalue weighted by Crippen LogP contribution is -2.07. The van der Waals surface area contributed by atoms with Gasteiger partial charge in [0.1, 0.15) is 5.75 Å². The zero-order valence-electron chi connectivity index (χ0n) is 14.2. The van der Waals surface area contributed by atoms with Gasteiger partial charge in [0.2, 0.25) is 5.88 Å². The largest absolute Gasteiger partial charge is 0.493 e. The van der Waals surface area contributed by atoms with E-state index in [2.05, 4.69) is 10.2 Å². The van der Waals surface area contributed by atoms with E-state index in [1.54, 1.807) is 6.20 Å². The number of H-pyrrole nitrogens is 1. The summed E-state index contributed by atoms with van der Waals surface area (Å²) in [6, 6.07) is 7.54. The Labute approximate surface area is 142 Å². The quantitative estimate of drug-likeness (QED) is 0.535. The third-order valence-corrected chi connectivity index (χ3v) is 3.60. The van der Waals surface area contributed by atoms with Gasteiger partial charge in [0.05, 0.1) is 32.9 Å². The predicted molar refractivity (Wildman–Crippen MR) is 90.4 cm³/mol. The lowest BCUT2D eigenvalue weighted by atomic mass is 10.1. The summed E-state index contributed by atoms with van der Waals surface area (Å²) in [6.07, 6.45) is 4.79. The van der Waals surface area contributed by atoms with Gasteiger partial charge in [0, 0.05) is 11.1 Å². The number of para-hydroxylation sites is 1. The SMILES string of the molecule is CCOc1[nH]ncc1CCCCOc1ccccc1CC(=O)OC. The van der Waals surface area contributed by atoms with Crippen LogP contribution in [0.4, 0.5) is 0 Å². The molecule has 0 saturated carbocycles. The van der Waals surface area contributed by atoms with Gasteiger partial charge >= 0.3 is 5.97 Å². The predicted octanol–water partition coefficient (Wildman–Crippen LogP) is 2.93. The monoisotopic (exact) mass is 332 g/mol. The molecule has 130 valence electrons. The lowest BCUT2D eigenvalue weighted by molar-refractivity contribution is -0.139. The number of hydrogen-bond acceptors (Lipinski definition) is 5. The average molecular weight is 332 g/mol. The molecule has 24 heavy (non-hydrogen) atoms. The maximum atomic E-state index is 11.4. The first-order valence-corrected chi connectivity index (χ1v) is 8.17.